The number of hydrogen-bond acceptors (Lipinski definition) is 3. The van der Waals surface area contributed by atoms with E-state index in [1.165, 1.54) is 0 Å². The largest absolute Gasteiger partial charge is 0.399 e. The van der Waals surface area contributed by atoms with Gasteiger partial charge in [0.25, 0.3) is 10.2 Å². The summed E-state index contributed by atoms with van der Waals surface area (Å²) in [4.78, 5) is 0. The van der Waals surface area contributed by atoms with E-state index in [1.807, 2.05) is 18.2 Å². The molecule has 5 nitrogen and oxygen atoms in total. The van der Waals surface area contributed by atoms with Gasteiger partial charge < -0.3 is 5.73 Å². The first-order valence-electron chi connectivity index (χ1n) is 7.09. The van der Waals surface area contributed by atoms with E-state index in [4.69, 9.17) is 5.73 Å². The van der Waals surface area contributed by atoms with Gasteiger partial charge in [-0.2, -0.15) is 17.0 Å². The van der Waals surface area contributed by atoms with Gasteiger partial charge in [-0.3, -0.25) is 0 Å². The Hall–Kier alpha value is -1.11. The van der Waals surface area contributed by atoms with Crippen molar-refractivity contribution in [1.82, 2.24) is 8.61 Å². The molecule has 2 aliphatic rings. The van der Waals surface area contributed by atoms with Gasteiger partial charge >= 0.3 is 0 Å². The van der Waals surface area contributed by atoms with Crippen molar-refractivity contribution in [1.29, 1.82) is 0 Å². The molecule has 0 saturated carbocycles. The lowest BCUT2D eigenvalue weighted by atomic mass is 10.0. The quantitative estimate of drug-likeness (QED) is 0.842. The number of benzene rings is 1. The third-order valence-electron chi connectivity index (χ3n) is 4.20. The third kappa shape index (κ3) is 2.43. The van der Waals surface area contributed by atoms with Crippen molar-refractivity contribution in [2.45, 2.75) is 32.9 Å². The van der Waals surface area contributed by atoms with E-state index in [1.54, 1.807) is 8.61 Å². The van der Waals surface area contributed by atoms with Crippen LogP contribution in [0.15, 0.2) is 18.2 Å². The number of piperidine rings is 1. The van der Waals surface area contributed by atoms with Crippen LogP contribution in [0.3, 0.4) is 0 Å². The summed E-state index contributed by atoms with van der Waals surface area (Å²) in [7, 11) is -3.35. The fourth-order valence-electron chi connectivity index (χ4n) is 3.07. The molecule has 3 rings (SSSR count). The Morgan fingerprint density at radius 2 is 1.95 bits per heavy atom. The number of nitrogen functional groups attached to an aromatic ring is 1. The molecule has 2 N–H and O–H groups in total. The number of nitrogens with two attached hydrogens (primary N) is 1. The Labute approximate surface area is 120 Å². The highest BCUT2D eigenvalue weighted by molar-refractivity contribution is 7.86. The maximum absolute atomic E-state index is 12.7. The van der Waals surface area contributed by atoms with Gasteiger partial charge in [-0.25, -0.2) is 0 Å². The first-order chi connectivity index (χ1) is 9.46. The number of nitrogens with zero attached hydrogens (tertiary/aromatic N) is 2. The average Bonchev–Trinajstić information content (AvgIpc) is 2.82. The van der Waals surface area contributed by atoms with Gasteiger partial charge in [0.1, 0.15) is 0 Å². The molecule has 0 spiro atoms. The van der Waals surface area contributed by atoms with Crippen LogP contribution in [0.2, 0.25) is 0 Å². The van der Waals surface area contributed by atoms with E-state index in [0.29, 0.717) is 37.8 Å². The molecular formula is C14H21N3O2S. The van der Waals surface area contributed by atoms with E-state index in [9.17, 15) is 8.42 Å². The Morgan fingerprint density at radius 3 is 2.70 bits per heavy atom. The minimum absolute atomic E-state index is 0.438. The highest BCUT2D eigenvalue weighted by Gasteiger charge is 2.35. The lowest BCUT2D eigenvalue weighted by Crippen LogP contribution is -2.45. The van der Waals surface area contributed by atoms with Crippen LogP contribution in [0.4, 0.5) is 5.69 Å². The molecule has 1 fully saturated rings. The van der Waals surface area contributed by atoms with Crippen molar-refractivity contribution < 1.29 is 8.42 Å². The predicted octanol–water partition coefficient (Wildman–Crippen LogP) is 1.56. The van der Waals surface area contributed by atoms with Gasteiger partial charge in [0, 0.05) is 31.9 Å². The summed E-state index contributed by atoms with van der Waals surface area (Å²) in [6.07, 6.45) is 2.07. The SMILES string of the molecule is CC1CCCN(S(=O)(=O)N2Cc3ccc(N)cc3C2)C1. The van der Waals surface area contributed by atoms with Crippen molar-refractivity contribution in [2.24, 2.45) is 5.92 Å². The maximum Gasteiger partial charge on any atom is 0.282 e. The molecule has 2 aliphatic heterocycles. The maximum atomic E-state index is 12.7. The fourth-order valence-corrected chi connectivity index (χ4v) is 4.80. The van der Waals surface area contributed by atoms with E-state index in [2.05, 4.69) is 6.92 Å². The molecule has 2 heterocycles. The Kier molecular flexibility index (Phi) is 3.48. The Morgan fingerprint density at radius 1 is 1.20 bits per heavy atom. The fraction of sp³-hybridized carbons (Fsp3) is 0.571. The lowest BCUT2D eigenvalue weighted by Gasteiger charge is -2.32. The first-order valence-corrected chi connectivity index (χ1v) is 8.49. The van der Waals surface area contributed by atoms with Crippen molar-refractivity contribution in [2.75, 3.05) is 18.8 Å². The van der Waals surface area contributed by atoms with Crippen LogP contribution in [-0.4, -0.2) is 30.1 Å². The normalized spacial score (nSPS) is 24.8. The summed E-state index contributed by atoms with van der Waals surface area (Å²) < 4.78 is 28.6. The van der Waals surface area contributed by atoms with E-state index in [-0.39, 0.29) is 0 Å². The Balaban J connectivity index is 1.80. The molecular weight excluding hydrogens is 274 g/mol. The monoisotopic (exact) mass is 295 g/mol. The summed E-state index contributed by atoms with van der Waals surface area (Å²) in [6, 6.07) is 5.64. The highest BCUT2D eigenvalue weighted by Crippen LogP contribution is 2.29. The van der Waals surface area contributed by atoms with Crippen LogP contribution in [0, 0.1) is 5.92 Å². The van der Waals surface area contributed by atoms with Gasteiger partial charge in [-0.1, -0.05) is 13.0 Å². The molecule has 1 unspecified atom stereocenters. The Bertz CT molecular complexity index is 615. The van der Waals surface area contributed by atoms with Crippen molar-refractivity contribution in [3.8, 4) is 0 Å². The molecule has 1 aromatic rings. The smallest absolute Gasteiger partial charge is 0.282 e. The number of rotatable bonds is 2. The van der Waals surface area contributed by atoms with E-state index < -0.39 is 10.2 Å². The first kappa shape index (κ1) is 13.9. The van der Waals surface area contributed by atoms with E-state index >= 15 is 0 Å². The predicted molar refractivity (Wildman–Crippen MR) is 79.0 cm³/mol. The van der Waals surface area contributed by atoms with Gasteiger partial charge in [0.2, 0.25) is 0 Å². The summed E-state index contributed by atoms with van der Waals surface area (Å²) in [5.41, 5.74) is 8.55. The molecule has 1 saturated heterocycles. The minimum atomic E-state index is -3.35. The average molecular weight is 295 g/mol. The zero-order valence-corrected chi connectivity index (χ0v) is 12.6. The summed E-state index contributed by atoms with van der Waals surface area (Å²) >= 11 is 0. The van der Waals surface area contributed by atoms with Crippen LogP contribution >= 0.6 is 0 Å². The van der Waals surface area contributed by atoms with Crippen LogP contribution in [-0.2, 0) is 23.3 Å². The standard InChI is InChI=1S/C14H21N3O2S/c1-11-3-2-6-16(8-11)20(18,19)17-9-12-4-5-14(15)7-13(12)10-17/h4-5,7,11H,2-3,6,8-10,15H2,1H3. The van der Waals surface area contributed by atoms with Crippen LogP contribution in [0.1, 0.15) is 30.9 Å². The van der Waals surface area contributed by atoms with Gasteiger partial charge in [-0.05, 0) is 42.0 Å². The molecule has 1 aromatic carbocycles. The topological polar surface area (TPSA) is 66.6 Å². The number of fused-ring (bicyclic) bond motifs is 1. The van der Waals surface area contributed by atoms with Crippen molar-refractivity contribution in [3.63, 3.8) is 0 Å². The van der Waals surface area contributed by atoms with Crippen molar-refractivity contribution in [3.05, 3.63) is 29.3 Å². The molecule has 110 valence electrons. The second-order valence-corrected chi connectivity index (χ2v) is 7.84. The molecule has 20 heavy (non-hydrogen) atoms. The number of anilines is 1. The zero-order valence-electron chi connectivity index (χ0n) is 11.7. The summed E-state index contributed by atoms with van der Waals surface area (Å²) in [6.45, 7) is 4.29. The van der Waals surface area contributed by atoms with Crippen LogP contribution in [0.25, 0.3) is 0 Å². The van der Waals surface area contributed by atoms with Gasteiger partial charge in [0.15, 0.2) is 0 Å². The number of hydrogen-bond donors (Lipinski definition) is 1. The molecule has 0 amide bonds. The van der Waals surface area contributed by atoms with Crippen LogP contribution < -0.4 is 5.73 Å². The summed E-state index contributed by atoms with van der Waals surface area (Å²) in [5, 5.41) is 0. The van der Waals surface area contributed by atoms with Gasteiger partial charge in [0.05, 0.1) is 0 Å². The molecule has 0 radical (unpaired) electrons. The van der Waals surface area contributed by atoms with E-state index in [0.717, 1.165) is 24.0 Å². The van der Waals surface area contributed by atoms with Crippen LogP contribution in [0.5, 0.6) is 0 Å². The molecule has 1 atom stereocenters. The highest BCUT2D eigenvalue weighted by atomic mass is 32.2. The molecule has 0 aliphatic carbocycles. The minimum Gasteiger partial charge on any atom is -0.399 e. The second kappa shape index (κ2) is 5.02. The zero-order chi connectivity index (χ0) is 14.3. The van der Waals surface area contributed by atoms with Gasteiger partial charge in [-0.15, -0.1) is 0 Å². The second-order valence-electron chi connectivity index (χ2n) is 5.91. The molecule has 6 heteroatoms. The third-order valence-corrected chi connectivity index (χ3v) is 6.09. The van der Waals surface area contributed by atoms with Crippen molar-refractivity contribution >= 4 is 15.9 Å². The molecule has 0 aromatic heterocycles. The summed E-state index contributed by atoms with van der Waals surface area (Å²) in [5.74, 6) is 0.444. The molecule has 0 bridgehead atoms. The lowest BCUT2D eigenvalue weighted by molar-refractivity contribution is 0.258.